The van der Waals surface area contributed by atoms with E-state index in [0.717, 1.165) is 9.56 Å². The molecule has 25 heavy (non-hydrogen) atoms. The van der Waals surface area contributed by atoms with Gasteiger partial charge in [0, 0.05) is 25.0 Å². The van der Waals surface area contributed by atoms with E-state index < -0.39 is 21.8 Å². The van der Waals surface area contributed by atoms with Gasteiger partial charge >= 0.3 is 6.03 Å². The first kappa shape index (κ1) is 19.2. The van der Waals surface area contributed by atoms with Crippen molar-refractivity contribution >= 4 is 38.9 Å². The van der Waals surface area contributed by atoms with Crippen LogP contribution in [0.2, 0.25) is 0 Å². The first-order valence-electron chi connectivity index (χ1n) is 7.60. The fourth-order valence-electron chi connectivity index (χ4n) is 2.33. The van der Waals surface area contributed by atoms with E-state index in [1.54, 1.807) is 19.9 Å². The maximum Gasteiger partial charge on any atom is 0.325 e. The van der Waals surface area contributed by atoms with Gasteiger partial charge < -0.3 is 10.4 Å². The molecule has 0 saturated heterocycles. The largest absolute Gasteiger partial charge is 0.502 e. The fourth-order valence-corrected chi connectivity index (χ4v) is 4.63. The van der Waals surface area contributed by atoms with Crippen LogP contribution in [-0.2, 0) is 17.1 Å². The number of nitrogens with zero attached hydrogens (tertiary/aromatic N) is 3. The Balaban J connectivity index is 2.27. The molecule has 2 rings (SSSR count). The summed E-state index contributed by atoms with van der Waals surface area (Å²) in [7, 11) is -2.53. The van der Waals surface area contributed by atoms with Gasteiger partial charge in [-0.1, -0.05) is 13.8 Å². The van der Waals surface area contributed by atoms with Crippen LogP contribution in [0.15, 0.2) is 16.5 Å². The number of aryl methyl sites for hydroxylation is 2. The highest BCUT2D eigenvalue weighted by molar-refractivity contribution is 7.89. The monoisotopic (exact) mass is 387 g/mol. The number of aromatic hydroxyl groups is 1. The second-order valence-corrected chi connectivity index (χ2v) is 8.16. The van der Waals surface area contributed by atoms with E-state index in [1.165, 1.54) is 22.7 Å². The number of nitrogens with one attached hydrogen (secondary N) is 2. The minimum atomic E-state index is -3.92. The normalized spacial score (nSPS) is 11.7. The molecular formula is C14H21N5O4S2. The van der Waals surface area contributed by atoms with Crippen molar-refractivity contribution in [3.05, 3.63) is 16.3 Å². The van der Waals surface area contributed by atoms with Crippen LogP contribution in [0.5, 0.6) is 5.75 Å². The highest BCUT2D eigenvalue weighted by Crippen LogP contribution is 2.32. The molecule has 0 atom stereocenters. The van der Waals surface area contributed by atoms with Gasteiger partial charge in [0.1, 0.15) is 0 Å². The number of carbonyl (C=O) groups excluding carboxylic acids is 1. The predicted octanol–water partition coefficient (Wildman–Crippen LogP) is 2.17. The summed E-state index contributed by atoms with van der Waals surface area (Å²) in [6.07, 6.45) is 0. The minimum Gasteiger partial charge on any atom is -0.502 e. The highest BCUT2D eigenvalue weighted by atomic mass is 32.2. The standard InChI is InChI=1S/C14H21N5O4S2/c1-5-19(6-2)25(22,23)13-11(20)12(17-18(13)4)16-14(21)15-10-7-8-24-9(10)3/h7-8,20H,5-6H2,1-4H3,(H2,15,16,17,21). The second-order valence-electron chi connectivity index (χ2n) is 5.18. The first-order valence-corrected chi connectivity index (χ1v) is 9.92. The third-order valence-corrected chi connectivity index (χ3v) is 6.59. The molecule has 0 unspecified atom stereocenters. The average molecular weight is 387 g/mol. The quantitative estimate of drug-likeness (QED) is 0.702. The Kier molecular flexibility index (Phi) is 5.70. The average Bonchev–Trinajstić information content (AvgIpc) is 3.04. The zero-order valence-electron chi connectivity index (χ0n) is 14.4. The summed E-state index contributed by atoms with van der Waals surface area (Å²) in [4.78, 5) is 13.0. The van der Waals surface area contributed by atoms with Gasteiger partial charge in [-0.15, -0.1) is 16.4 Å². The van der Waals surface area contributed by atoms with Crippen LogP contribution >= 0.6 is 11.3 Å². The summed E-state index contributed by atoms with van der Waals surface area (Å²) in [5.41, 5.74) is 0.633. The molecule has 2 amide bonds. The zero-order chi connectivity index (χ0) is 18.8. The Morgan fingerprint density at radius 3 is 2.52 bits per heavy atom. The van der Waals surface area contributed by atoms with Gasteiger partial charge in [0.05, 0.1) is 5.69 Å². The lowest BCUT2D eigenvalue weighted by Crippen LogP contribution is -2.32. The molecule has 0 radical (unpaired) electrons. The van der Waals surface area contributed by atoms with Crippen LogP contribution in [0.4, 0.5) is 16.3 Å². The summed E-state index contributed by atoms with van der Waals surface area (Å²) < 4.78 is 27.5. The van der Waals surface area contributed by atoms with E-state index in [2.05, 4.69) is 15.7 Å². The van der Waals surface area contributed by atoms with Gasteiger partial charge in [-0.2, -0.15) is 4.31 Å². The Bertz CT molecular complexity index is 868. The Morgan fingerprint density at radius 2 is 2.00 bits per heavy atom. The topological polar surface area (TPSA) is 117 Å². The molecule has 138 valence electrons. The highest BCUT2D eigenvalue weighted by Gasteiger charge is 2.32. The third-order valence-electron chi connectivity index (χ3n) is 3.60. The molecule has 0 spiro atoms. The van der Waals surface area contributed by atoms with Gasteiger partial charge in [0.25, 0.3) is 10.0 Å². The van der Waals surface area contributed by atoms with E-state index in [-0.39, 0.29) is 23.9 Å². The minimum absolute atomic E-state index is 0.224. The van der Waals surface area contributed by atoms with E-state index in [0.29, 0.717) is 5.69 Å². The molecule has 0 aliphatic rings. The number of carbonyl (C=O) groups is 1. The van der Waals surface area contributed by atoms with Crippen LogP contribution in [0, 0.1) is 6.92 Å². The lowest BCUT2D eigenvalue weighted by atomic mass is 10.4. The number of amides is 2. The van der Waals surface area contributed by atoms with Crippen LogP contribution in [0.3, 0.4) is 0 Å². The lowest BCUT2D eigenvalue weighted by molar-refractivity contribution is 0.262. The molecule has 9 nitrogen and oxygen atoms in total. The summed E-state index contributed by atoms with van der Waals surface area (Å²) in [5.74, 6) is -0.815. The van der Waals surface area contributed by atoms with Crippen molar-refractivity contribution in [1.82, 2.24) is 14.1 Å². The second kappa shape index (κ2) is 7.42. The Labute approximate surface area is 150 Å². The van der Waals surface area contributed by atoms with Crippen molar-refractivity contribution in [2.24, 2.45) is 7.05 Å². The predicted molar refractivity (Wildman–Crippen MR) is 96.7 cm³/mol. The van der Waals surface area contributed by atoms with Crippen molar-refractivity contribution in [3.8, 4) is 5.75 Å². The summed E-state index contributed by atoms with van der Waals surface area (Å²) in [5, 5.41) is 20.7. The number of thiophene rings is 1. The summed E-state index contributed by atoms with van der Waals surface area (Å²) in [6.45, 7) is 5.76. The summed E-state index contributed by atoms with van der Waals surface area (Å²) in [6, 6.07) is 1.12. The van der Waals surface area contributed by atoms with Crippen molar-refractivity contribution in [2.45, 2.75) is 25.8 Å². The first-order chi connectivity index (χ1) is 11.7. The maximum atomic E-state index is 12.6. The molecular weight excluding hydrogens is 366 g/mol. The molecule has 0 aliphatic carbocycles. The SMILES string of the molecule is CCN(CC)S(=O)(=O)c1c(O)c(NC(=O)Nc2ccsc2C)nn1C. The number of urea groups is 1. The van der Waals surface area contributed by atoms with Crippen molar-refractivity contribution in [1.29, 1.82) is 0 Å². The van der Waals surface area contributed by atoms with Gasteiger partial charge in [-0.3, -0.25) is 10.00 Å². The summed E-state index contributed by atoms with van der Waals surface area (Å²) >= 11 is 1.48. The molecule has 11 heteroatoms. The van der Waals surface area contributed by atoms with Crippen LogP contribution in [-0.4, -0.2) is 46.7 Å². The Morgan fingerprint density at radius 1 is 1.36 bits per heavy atom. The van der Waals surface area contributed by atoms with Crippen LogP contribution in [0.25, 0.3) is 0 Å². The van der Waals surface area contributed by atoms with Gasteiger partial charge in [0.15, 0.2) is 11.6 Å². The lowest BCUT2D eigenvalue weighted by Gasteiger charge is -2.18. The van der Waals surface area contributed by atoms with E-state index in [9.17, 15) is 18.3 Å². The van der Waals surface area contributed by atoms with Gasteiger partial charge in [-0.05, 0) is 18.4 Å². The maximum absolute atomic E-state index is 12.6. The van der Waals surface area contributed by atoms with Crippen LogP contribution < -0.4 is 10.6 Å². The molecule has 0 fully saturated rings. The molecule has 3 N–H and O–H groups in total. The number of hydrogen-bond acceptors (Lipinski definition) is 6. The van der Waals surface area contributed by atoms with Crippen molar-refractivity contribution < 1.29 is 18.3 Å². The Hall–Kier alpha value is -2.11. The molecule has 2 heterocycles. The fraction of sp³-hybridized carbons (Fsp3) is 0.429. The smallest absolute Gasteiger partial charge is 0.325 e. The molecule has 2 aromatic rings. The molecule has 2 aromatic heterocycles. The van der Waals surface area contributed by atoms with E-state index >= 15 is 0 Å². The number of hydrogen-bond donors (Lipinski definition) is 3. The van der Waals surface area contributed by atoms with Gasteiger partial charge in [0.2, 0.25) is 5.03 Å². The molecule has 0 bridgehead atoms. The molecule has 0 aliphatic heterocycles. The van der Waals surface area contributed by atoms with Crippen molar-refractivity contribution in [3.63, 3.8) is 0 Å². The number of aromatic nitrogens is 2. The van der Waals surface area contributed by atoms with Crippen molar-refractivity contribution in [2.75, 3.05) is 23.7 Å². The number of rotatable bonds is 6. The third kappa shape index (κ3) is 3.78. The van der Waals surface area contributed by atoms with Gasteiger partial charge in [-0.25, -0.2) is 13.2 Å². The van der Waals surface area contributed by atoms with E-state index in [1.807, 2.05) is 12.3 Å². The number of anilines is 2. The van der Waals surface area contributed by atoms with Crippen LogP contribution in [0.1, 0.15) is 18.7 Å². The molecule has 0 aromatic carbocycles. The van der Waals surface area contributed by atoms with E-state index in [4.69, 9.17) is 0 Å². The number of sulfonamides is 1. The molecule has 0 saturated carbocycles. The zero-order valence-corrected chi connectivity index (χ0v) is 16.0.